The third-order valence-electron chi connectivity index (χ3n) is 5.23. The number of rotatable bonds is 6. The largest absolute Gasteiger partial charge is 0.494 e. The van der Waals surface area contributed by atoms with Gasteiger partial charge in [-0.3, -0.25) is 4.79 Å². The van der Waals surface area contributed by atoms with Crippen LogP contribution in [0.5, 0.6) is 5.75 Å². The zero-order chi connectivity index (χ0) is 22.5. The number of aromatic nitrogens is 2. The van der Waals surface area contributed by atoms with Crippen LogP contribution in [-0.2, 0) is 0 Å². The lowest BCUT2D eigenvalue weighted by molar-refractivity contribution is 0.102. The highest BCUT2D eigenvalue weighted by molar-refractivity contribution is 6.07. The lowest BCUT2D eigenvalue weighted by Gasteiger charge is -2.36. The normalized spacial score (nSPS) is 13.7. The van der Waals surface area contributed by atoms with Crippen molar-refractivity contribution >= 4 is 29.0 Å². The van der Waals surface area contributed by atoms with Gasteiger partial charge in [-0.2, -0.15) is 4.98 Å². The van der Waals surface area contributed by atoms with Crippen molar-refractivity contribution in [2.45, 2.75) is 6.92 Å². The third-order valence-corrected chi connectivity index (χ3v) is 5.23. The van der Waals surface area contributed by atoms with Gasteiger partial charge in [0.2, 0.25) is 5.95 Å². The zero-order valence-corrected chi connectivity index (χ0v) is 17.8. The molecule has 1 aromatic heterocycles. The fraction of sp³-hybridized carbons (Fsp3) is 0.261. The number of nitrogen functional groups attached to an aromatic ring is 1. The monoisotopic (exact) mass is 436 g/mol. The summed E-state index contributed by atoms with van der Waals surface area (Å²) < 4.78 is 18.5. The number of amides is 1. The van der Waals surface area contributed by atoms with Gasteiger partial charge < -0.3 is 25.6 Å². The number of carbonyl (C=O) groups is 1. The van der Waals surface area contributed by atoms with Gasteiger partial charge in [0, 0.05) is 43.8 Å². The first-order valence-corrected chi connectivity index (χ1v) is 10.5. The van der Waals surface area contributed by atoms with Crippen LogP contribution in [0.2, 0.25) is 0 Å². The molecule has 9 heteroatoms. The van der Waals surface area contributed by atoms with Crippen LogP contribution < -0.4 is 25.6 Å². The summed E-state index contributed by atoms with van der Waals surface area (Å²) >= 11 is 0. The Kier molecular flexibility index (Phi) is 6.34. The van der Waals surface area contributed by atoms with Crippen molar-refractivity contribution in [3.63, 3.8) is 0 Å². The Morgan fingerprint density at radius 3 is 2.34 bits per heavy atom. The van der Waals surface area contributed by atoms with Crippen molar-refractivity contribution in [1.29, 1.82) is 0 Å². The van der Waals surface area contributed by atoms with E-state index in [0.29, 0.717) is 31.3 Å². The van der Waals surface area contributed by atoms with Crippen LogP contribution in [0.1, 0.15) is 17.3 Å². The number of halogens is 1. The maximum atomic E-state index is 13.1. The Morgan fingerprint density at radius 2 is 1.72 bits per heavy atom. The number of anilines is 4. The van der Waals surface area contributed by atoms with Crippen LogP contribution in [0.15, 0.2) is 54.7 Å². The van der Waals surface area contributed by atoms with Gasteiger partial charge >= 0.3 is 0 Å². The molecule has 1 aliphatic heterocycles. The summed E-state index contributed by atoms with van der Waals surface area (Å²) in [5.41, 5.74) is 7.89. The molecule has 2 aromatic carbocycles. The molecule has 0 unspecified atom stereocenters. The molecule has 4 rings (SSSR count). The fourth-order valence-corrected chi connectivity index (χ4v) is 3.53. The molecule has 3 aromatic rings. The molecule has 0 saturated carbocycles. The Labute approximate surface area is 185 Å². The van der Waals surface area contributed by atoms with E-state index >= 15 is 0 Å². The first-order chi connectivity index (χ1) is 15.5. The van der Waals surface area contributed by atoms with Gasteiger partial charge in [0.1, 0.15) is 22.9 Å². The van der Waals surface area contributed by atoms with Gasteiger partial charge in [-0.05, 0) is 55.5 Å². The minimum absolute atomic E-state index is 0.124. The molecule has 32 heavy (non-hydrogen) atoms. The van der Waals surface area contributed by atoms with Crippen LogP contribution >= 0.6 is 0 Å². The summed E-state index contributed by atoms with van der Waals surface area (Å²) in [4.78, 5) is 25.5. The van der Waals surface area contributed by atoms with Crippen molar-refractivity contribution in [3.05, 3.63) is 66.1 Å². The van der Waals surface area contributed by atoms with E-state index in [4.69, 9.17) is 10.5 Å². The molecule has 2 heterocycles. The van der Waals surface area contributed by atoms with Gasteiger partial charge in [-0.25, -0.2) is 9.37 Å². The van der Waals surface area contributed by atoms with E-state index in [-0.39, 0.29) is 23.1 Å². The van der Waals surface area contributed by atoms with Crippen molar-refractivity contribution in [2.24, 2.45) is 0 Å². The summed E-state index contributed by atoms with van der Waals surface area (Å²) in [6.45, 7) is 5.35. The smallest absolute Gasteiger partial charge is 0.260 e. The van der Waals surface area contributed by atoms with E-state index < -0.39 is 0 Å². The molecule has 0 radical (unpaired) electrons. The predicted octanol–water partition coefficient (Wildman–Crippen LogP) is 3.18. The topological polar surface area (TPSA) is 96.6 Å². The lowest BCUT2D eigenvalue weighted by atomic mass is 10.2. The minimum atomic E-state index is -0.376. The van der Waals surface area contributed by atoms with Gasteiger partial charge in [0.25, 0.3) is 5.91 Å². The summed E-state index contributed by atoms with van der Waals surface area (Å²) in [6, 6.07) is 13.6. The first-order valence-electron chi connectivity index (χ1n) is 10.5. The standard InChI is InChI=1S/C23H25FN6O2/c1-2-32-19-9-5-17(6-10-19)27-22(31)20-15-26-23(28-21(20)25)30-13-11-29(12-14-30)18-7-3-16(24)4-8-18/h3-10,15H,2,11-14H2,1H3,(H,27,31)(H2,25,26,28). The molecular formula is C23H25FN6O2. The van der Waals surface area contributed by atoms with Crippen molar-refractivity contribution in [2.75, 3.05) is 53.6 Å². The molecule has 1 amide bonds. The number of hydrogen-bond donors (Lipinski definition) is 2. The average Bonchev–Trinajstić information content (AvgIpc) is 2.81. The Balaban J connectivity index is 1.37. The fourth-order valence-electron chi connectivity index (χ4n) is 3.53. The highest BCUT2D eigenvalue weighted by Gasteiger charge is 2.21. The highest BCUT2D eigenvalue weighted by atomic mass is 19.1. The number of piperazine rings is 1. The van der Waals surface area contributed by atoms with E-state index in [9.17, 15) is 9.18 Å². The molecule has 3 N–H and O–H groups in total. The summed E-state index contributed by atoms with van der Waals surface area (Å²) in [5, 5.41) is 2.79. The minimum Gasteiger partial charge on any atom is -0.494 e. The van der Waals surface area contributed by atoms with E-state index in [1.54, 1.807) is 36.4 Å². The molecule has 1 fully saturated rings. The molecule has 8 nitrogen and oxygen atoms in total. The summed E-state index contributed by atoms with van der Waals surface area (Å²) in [5.74, 6) is 0.720. The quantitative estimate of drug-likeness (QED) is 0.613. The van der Waals surface area contributed by atoms with E-state index in [0.717, 1.165) is 24.5 Å². The molecule has 0 bridgehead atoms. The van der Waals surface area contributed by atoms with Crippen LogP contribution in [0.3, 0.4) is 0 Å². The predicted molar refractivity (Wildman–Crippen MR) is 123 cm³/mol. The molecule has 1 aliphatic rings. The number of nitrogens with one attached hydrogen (secondary N) is 1. The van der Waals surface area contributed by atoms with Gasteiger partial charge in [-0.15, -0.1) is 0 Å². The summed E-state index contributed by atoms with van der Waals surface area (Å²) in [6.07, 6.45) is 1.45. The molecular weight excluding hydrogens is 411 g/mol. The van der Waals surface area contributed by atoms with Crippen LogP contribution in [0, 0.1) is 5.82 Å². The van der Waals surface area contributed by atoms with Crippen LogP contribution in [0.25, 0.3) is 0 Å². The molecule has 0 aliphatic carbocycles. The van der Waals surface area contributed by atoms with Gasteiger partial charge in [0.05, 0.1) is 6.61 Å². The number of ether oxygens (including phenoxy) is 1. The van der Waals surface area contributed by atoms with E-state index in [1.165, 1.54) is 18.3 Å². The second-order valence-corrected chi connectivity index (χ2v) is 7.33. The second-order valence-electron chi connectivity index (χ2n) is 7.33. The average molecular weight is 436 g/mol. The molecule has 1 saturated heterocycles. The maximum absolute atomic E-state index is 13.1. The van der Waals surface area contributed by atoms with E-state index in [1.807, 2.05) is 11.8 Å². The van der Waals surface area contributed by atoms with Gasteiger partial charge in [-0.1, -0.05) is 0 Å². The van der Waals surface area contributed by atoms with Crippen molar-refractivity contribution in [1.82, 2.24) is 9.97 Å². The zero-order valence-electron chi connectivity index (χ0n) is 17.8. The third kappa shape index (κ3) is 4.88. The molecule has 166 valence electrons. The Hall–Kier alpha value is -3.88. The first kappa shape index (κ1) is 21.4. The summed E-state index contributed by atoms with van der Waals surface area (Å²) in [7, 11) is 0. The number of nitrogens with zero attached hydrogens (tertiary/aromatic N) is 4. The van der Waals surface area contributed by atoms with Crippen LogP contribution in [0.4, 0.5) is 27.5 Å². The highest BCUT2D eigenvalue weighted by Crippen LogP contribution is 2.21. The van der Waals surface area contributed by atoms with Gasteiger partial charge in [0.15, 0.2) is 0 Å². The number of benzene rings is 2. The maximum Gasteiger partial charge on any atom is 0.260 e. The number of nitrogens with two attached hydrogens (primary N) is 1. The van der Waals surface area contributed by atoms with E-state index in [2.05, 4.69) is 20.2 Å². The van der Waals surface area contributed by atoms with Crippen molar-refractivity contribution in [3.8, 4) is 5.75 Å². The number of hydrogen-bond acceptors (Lipinski definition) is 7. The van der Waals surface area contributed by atoms with Crippen LogP contribution in [-0.4, -0.2) is 48.7 Å². The SMILES string of the molecule is CCOc1ccc(NC(=O)c2cnc(N3CCN(c4ccc(F)cc4)CC3)nc2N)cc1. The Morgan fingerprint density at radius 1 is 1.06 bits per heavy atom. The Bertz CT molecular complexity index is 1070. The molecule has 0 atom stereocenters. The van der Waals surface area contributed by atoms with Crippen molar-refractivity contribution < 1.29 is 13.9 Å². The number of carbonyl (C=O) groups excluding carboxylic acids is 1. The molecule has 0 spiro atoms. The lowest BCUT2D eigenvalue weighted by Crippen LogP contribution is -2.47. The second kappa shape index (κ2) is 9.51.